The minimum absolute atomic E-state index is 0.0131. The SMILES string of the molecule is COc1cc(-c2ccc3c(c2)CN(c2cc(C4CC4)[nH]n2)C3=O)cnc1OC. The Hall–Kier alpha value is -3.35. The number of nitrogens with zero attached hydrogens (tertiary/aromatic N) is 3. The number of methoxy groups -OCH3 is 2. The van der Waals surface area contributed by atoms with Gasteiger partial charge in [-0.3, -0.25) is 14.8 Å². The molecular weight excluding hydrogens is 356 g/mol. The third-order valence-electron chi connectivity index (χ3n) is 5.35. The van der Waals surface area contributed by atoms with Gasteiger partial charge in [0.05, 0.1) is 20.8 Å². The summed E-state index contributed by atoms with van der Waals surface area (Å²) >= 11 is 0. The van der Waals surface area contributed by atoms with Crippen molar-refractivity contribution in [3.63, 3.8) is 0 Å². The molecule has 1 saturated carbocycles. The van der Waals surface area contributed by atoms with Crippen LogP contribution in [-0.2, 0) is 6.54 Å². The van der Waals surface area contributed by atoms with Crippen molar-refractivity contribution < 1.29 is 14.3 Å². The van der Waals surface area contributed by atoms with E-state index in [2.05, 4.69) is 15.2 Å². The molecule has 142 valence electrons. The molecule has 1 amide bonds. The molecule has 1 aromatic carbocycles. The Bertz CT molecular complexity index is 1070. The zero-order valence-electron chi connectivity index (χ0n) is 15.7. The number of aromatic amines is 1. The predicted octanol–water partition coefficient (Wildman–Crippen LogP) is 3.53. The molecule has 0 atom stereocenters. The molecule has 1 N–H and O–H groups in total. The number of aromatic nitrogens is 3. The first kappa shape index (κ1) is 16.8. The summed E-state index contributed by atoms with van der Waals surface area (Å²) in [5.74, 6) is 2.27. The molecule has 5 rings (SSSR count). The topological polar surface area (TPSA) is 80.3 Å². The fourth-order valence-electron chi connectivity index (χ4n) is 3.64. The number of benzene rings is 1. The quantitative estimate of drug-likeness (QED) is 0.737. The number of anilines is 1. The van der Waals surface area contributed by atoms with Crippen molar-refractivity contribution >= 4 is 11.7 Å². The van der Waals surface area contributed by atoms with E-state index >= 15 is 0 Å². The molecule has 1 aliphatic carbocycles. The van der Waals surface area contributed by atoms with Crippen LogP contribution in [0, 0.1) is 0 Å². The fourth-order valence-corrected chi connectivity index (χ4v) is 3.64. The molecule has 1 fully saturated rings. The number of nitrogens with one attached hydrogen (secondary N) is 1. The van der Waals surface area contributed by atoms with Crippen LogP contribution in [0.25, 0.3) is 11.1 Å². The van der Waals surface area contributed by atoms with Gasteiger partial charge in [-0.05, 0) is 42.2 Å². The van der Waals surface area contributed by atoms with Crippen molar-refractivity contribution in [3.05, 3.63) is 53.3 Å². The highest BCUT2D eigenvalue weighted by Crippen LogP contribution is 2.40. The van der Waals surface area contributed by atoms with Gasteiger partial charge in [0.1, 0.15) is 0 Å². The molecule has 28 heavy (non-hydrogen) atoms. The molecule has 0 unspecified atom stereocenters. The smallest absolute Gasteiger partial charge is 0.260 e. The number of H-pyrrole nitrogens is 1. The number of fused-ring (bicyclic) bond motifs is 1. The maximum Gasteiger partial charge on any atom is 0.260 e. The number of pyridine rings is 1. The van der Waals surface area contributed by atoms with Gasteiger partial charge in [0.25, 0.3) is 11.8 Å². The van der Waals surface area contributed by atoms with E-state index in [1.807, 2.05) is 30.3 Å². The molecule has 1 aliphatic heterocycles. The lowest BCUT2D eigenvalue weighted by Gasteiger charge is -2.11. The highest BCUT2D eigenvalue weighted by atomic mass is 16.5. The van der Waals surface area contributed by atoms with Crippen LogP contribution in [0.15, 0.2) is 36.5 Å². The molecule has 3 heterocycles. The first-order valence-electron chi connectivity index (χ1n) is 9.26. The van der Waals surface area contributed by atoms with Crippen LogP contribution < -0.4 is 14.4 Å². The van der Waals surface area contributed by atoms with Crippen LogP contribution in [0.4, 0.5) is 5.82 Å². The van der Waals surface area contributed by atoms with Crippen molar-refractivity contribution in [1.29, 1.82) is 0 Å². The van der Waals surface area contributed by atoms with Crippen molar-refractivity contribution in [3.8, 4) is 22.8 Å². The average molecular weight is 376 g/mol. The summed E-state index contributed by atoms with van der Waals surface area (Å²) < 4.78 is 10.6. The van der Waals surface area contributed by atoms with Gasteiger partial charge >= 0.3 is 0 Å². The van der Waals surface area contributed by atoms with Gasteiger partial charge in [-0.2, -0.15) is 5.10 Å². The minimum Gasteiger partial charge on any atom is -0.491 e. The van der Waals surface area contributed by atoms with Crippen LogP contribution in [0.1, 0.15) is 40.4 Å². The van der Waals surface area contributed by atoms with Crippen molar-refractivity contribution in [2.75, 3.05) is 19.1 Å². The normalized spacial score (nSPS) is 15.6. The first-order chi connectivity index (χ1) is 13.7. The van der Waals surface area contributed by atoms with E-state index < -0.39 is 0 Å². The Labute approximate surface area is 162 Å². The second-order valence-electron chi connectivity index (χ2n) is 7.15. The summed E-state index contributed by atoms with van der Waals surface area (Å²) in [5, 5.41) is 7.43. The van der Waals surface area contributed by atoms with Gasteiger partial charge < -0.3 is 9.47 Å². The molecule has 0 spiro atoms. The summed E-state index contributed by atoms with van der Waals surface area (Å²) in [6.45, 7) is 0.512. The lowest BCUT2D eigenvalue weighted by Crippen LogP contribution is -2.23. The van der Waals surface area contributed by atoms with Crippen LogP contribution >= 0.6 is 0 Å². The van der Waals surface area contributed by atoms with E-state index in [0.29, 0.717) is 35.5 Å². The van der Waals surface area contributed by atoms with Crippen molar-refractivity contribution in [1.82, 2.24) is 15.2 Å². The van der Waals surface area contributed by atoms with Gasteiger partial charge in [-0.1, -0.05) is 6.07 Å². The fraction of sp³-hybridized carbons (Fsp3) is 0.286. The van der Waals surface area contributed by atoms with E-state index in [-0.39, 0.29) is 5.91 Å². The zero-order chi connectivity index (χ0) is 19.3. The molecule has 0 bridgehead atoms. The molecule has 0 radical (unpaired) electrons. The molecule has 3 aromatic rings. The summed E-state index contributed by atoms with van der Waals surface area (Å²) in [4.78, 5) is 18.9. The van der Waals surface area contributed by atoms with E-state index in [1.165, 1.54) is 12.8 Å². The second-order valence-corrected chi connectivity index (χ2v) is 7.15. The lowest BCUT2D eigenvalue weighted by molar-refractivity contribution is 0.0996. The zero-order valence-corrected chi connectivity index (χ0v) is 15.7. The van der Waals surface area contributed by atoms with Crippen LogP contribution in [0.5, 0.6) is 11.6 Å². The summed E-state index contributed by atoms with van der Waals surface area (Å²) in [6.07, 6.45) is 4.13. The Kier molecular flexibility index (Phi) is 3.82. The van der Waals surface area contributed by atoms with Gasteiger partial charge in [0.15, 0.2) is 11.6 Å². The Morgan fingerprint density at radius 2 is 1.96 bits per heavy atom. The number of carbonyl (C=O) groups excluding carboxylic acids is 1. The average Bonchev–Trinajstić information content (AvgIpc) is 3.38. The number of carbonyl (C=O) groups is 1. The van der Waals surface area contributed by atoms with Gasteiger partial charge in [0.2, 0.25) is 0 Å². The monoisotopic (exact) mass is 376 g/mol. The summed E-state index contributed by atoms with van der Waals surface area (Å²) in [5.41, 5.74) is 4.70. The second kappa shape index (κ2) is 6.37. The lowest BCUT2D eigenvalue weighted by atomic mass is 10.0. The van der Waals surface area contributed by atoms with Gasteiger partial charge in [0, 0.05) is 35.0 Å². The van der Waals surface area contributed by atoms with Crippen LogP contribution in [0.3, 0.4) is 0 Å². The first-order valence-corrected chi connectivity index (χ1v) is 9.26. The minimum atomic E-state index is -0.0131. The Morgan fingerprint density at radius 1 is 1.11 bits per heavy atom. The predicted molar refractivity (Wildman–Crippen MR) is 104 cm³/mol. The van der Waals surface area contributed by atoms with Crippen molar-refractivity contribution in [2.45, 2.75) is 25.3 Å². The molecule has 7 heteroatoms. The summed E-state index contributed by atoms with van der Waals surface area (Å²) in [7, 11) is 3.14. The third kappa shape index (κ3) is 2.70. The number of rotatable bonds is 5. The van der Waals surface area contributed by atoms with Gasteiger partial charge in [-0.25, -0.2) is 4.98 Å². The summed E-state index contributed by atoms with van der Waals surface area (Å²) in [6, 6.07) is 9.73. The van der Waals surface area contributed by atoms with E-state index in [1.54, 1.807) is 25.3 Å². The molecule has 7 nitrogen and oxygen atoms in total. The van der Waals surface area contributed by atoms with E-state index in [0.717, 1.165) is 22.4 Å². The Morgan fingerprint density at radius 3 is 2.71 bits per heavy atom. The maximum atomic E-state index is 12.8. The molecule has 2 aromatic heterocycles. The van der Waals surface area contributed by atoms with E-state index in [9.17, 15) is 4.79 Å². The number of hydrogen-bond acceptors (Lipinski definition) is 5. The molecular formula is C21H20N4O3. The largest absolute Gasteiger partial charge is 0.491 e. The molecule has 2 aliphatic rings. The number of amides is 1. The highest BCUT2D eigenvalue weighted by molar-refractivity contribution is 6.09. The number of hydrogen-bond donors (Lipinski definition) is 1. The number of ether oxygens (including phenoxy) is 2. The van der Waals surface area contributed by atoms with Crippen LogP contribution in [-0.4, -0.2) is 35.3 Å². The van der Waals surface area contributed by atoms with Crippen LogP contribution in [0.2, 0.25) is 0 Å². The van der Waals surface area contributed by atoms with E-state index in [4.69, 9.17) is 9.47 Å². The highest BCUT2D eigenvalue weighted by Gasteiger charge is 2.32. The third-order valence-corrected chi connectivity index (χ3v) is 5.35. The van der Waals surface area contributed by atoms with Crippen molar-refractivity contribution in [2.24, 2.45) is 0 Å². The standard InChI is InChI=1S/C21H20N4O3/c1-27-18-8-14(10-22-20(18)28-2)13-5-6-16-15(7-13)11-25(21(16)26)19-9-17(23-24-19)12-3-4-12/h5-10,12H,3-4,11H2,1-2H3,(H,23,24). The van der Waals surface area contributed by atoms with Gasteiger partial charge in [-0.15, -0.1) is 0 Å². The maximum absolute atomic E-state index is 12.8. The molecule has 0 saturated heterocycles. The Balaban J connectivity index is 1.45.